The molecule has 0 bridgehead atoms. The molecule has 0 atom stereocenters. The summed E-state index contributed by atoms with van der Waals surface area (Å²) in [6.07, 6.45) is 2.60. The lowest BCUT2D eigenvalue weighted by Crippen LogP contribution is -2.18. The van der Waals surface area contributed by atoms with E-state index in [-0.39, 0.29) is 5.82 Å². The molecule has 1 N–H and O–H groups in total. The smallest absolute Gasteiger partial charge is 0.125 e. The van der Waals surface area contributed by atoms with E-state index in [9.17, 15) is 4.39 Å². The molecule has 2 heterocycles. The first kappa shape index (κ1) is 9.85. The van der Waals surface area contributed by atoms with Crippen LogP contribution >= 0.6 is 0 Å². The monoisotopic (exact) mass is 218 g/mol. The van der Waals surface area contributed by atoms with E-state index < -0.39 is 0 Å². The van der Waals surface area contributed by atoms with E-state index in [1.165, 1.54) is 37.7 Å². The number of fused-ring (bicyclic) bond motifs is 1. The maximum absolute atomic E-state index is 13.0. The van der Waals surface area contributed by atoms with Crippen molar-refractivity contribution in [1.82, 2.24) is 9.88 Å². The normalized spacial score (nSPS) is 17.3. The molecule has 2 nitrogen and oxygen atoms in total. The molecule has 1 aliphatic rings. The van der Waals surface area contributed by atoms with Gasteiger partial charge in [-0.25, -0.2) is 4.39 Å². The number of hydrogen-bond donors (Lipinski definition) is 1. The SMILES string of the molecule is Fc1ccc2cc(CN3CCCC3)[nH]c2c1. The van der Waals surface area contributed by atoms with Crippen molar-refractivity contribution < 1.29 is 4.39 Å². The molecule has 0 unspecified atom stereocenters. The molecule has 0 aliphatic carbocycles. The molecule has 1 saturated heterocycles. The second-order valence-electron chi connectivity index (χ2n) is 4.51. The van der Waals surface area contributed by atoms with Gasteiger partial charge in [0.1, 0.15) is 5.82 Å². The zero-order valence-corrected chi connectivity index (χ0v) is 9.17. The summed E-state index contributed by atoms with van der Waals surface area (Å²) in [6, 6.07) is 7.01. The van der Waals surface area contributed by atoms with Crippen LogP contribution in [-0.2, 0) is 6.54 Å². The Balaban J connectivity index is 1.86. The summed E-state index contributed by atoms with van der Waals surface area (Å²) in [7, 11) is 0. The van der Waals surface area contributed by atoms with Gasteiger partial charge in [-0.1, -0.05) is 0 Å². The fraction of sp³-hybridized carbons (Fsp3) is 0.385. The minimum atomic E-state index is -0.179. The first-order valence-electron chi connectivity index (χ1n) is 5.81. The van der Waals surface area contributed by atoms with E-state index in [0.717, 1.165) is 17.4 Å². The molecule has 1 fully saturated rings. The van der Waals surface area contributed by atoms with Crippen molar-refractivity contribution in [1.29, 1.82) is 0 Å². The zero-order valence-electron chi connectivity index (χ0n) is 9.17. The summed E-state index contributed by atoms with van der Waals surface area (Å²) in [5.41, 5.74) is 2.08. The van der Waals surface area contributed by atoms with Gasteiger partial charge in [-0.05, 0) is 55.6 Å². The van der Waals surface area contributed by atoms with E-state index in [0.29, 0.717) is 0 Å². The number of aromatic amines is 1. The maximum atomic E-state index is 13.0. The topological polar surface area (TPSA) is 19.0 Å². The van der Waals surface area contributed by atoms with Gasteiger partial charge in [0.25, 0.3) is 0 Å². The van der Waals surface area contributed by atoms with Gasteiger partial charge in [-0.2, -0.15) is 0 Å². The third kappa shape index (κ3) is 1.83. The average molecular weight is 218 g/mol. The van der Waals surface area contributed by atoms with Gasteiger partial charge < -0.3 is 4.98 Å². The number of likely N-dealkylation sites (tertiary alicyclic amines) is 1. The van der Waals surface area contributed by atoms with Gasteiger partial charge >= 0.3 is 0 Å². The van der Waals surface area contributed by atoms with Crippen LogP contribution in [0.1, 0.15) is 18.5 Å². The second-order valence-corrected chi connectivity index (χ2v) is 4.51. The fourth-order valence-electron chi connectivity index (χ4n) is 2.43. The van der Waals surface area contributed by atoms with Crippen LogP contribution < -0.4 is 0 Å². The Labute approximate surface area is 94.1 Å². The highest BCUT2D eigenvalue weighted by Gasteiger charge is 2.12. The largest absolute Gasteiger partial charge is 0.357 e. The third-order valence-electron chi connectivity index (χ3n) is 3.23. The van der Waals surface area contributed by atoms with E-state index >= 15 is 0 Å². The van der Waals surface area contributed by atoms with E-state index in [2.05, 4.69) is 16.0 Å². The third-order valence-corrected chi connectivity index (χ3v) is 3.23. The lowest BCUT2D eigenvalue weighted by Gasteiger charge is -2.12. The Bertz CT molecular complexity index is 498. The molecule has 0 spiro atoms. The van der Waals surface area contributed by atoms with Gasteiger partial charge in [-0.15, -0.1) is 0 Å². The van der Waals surface area contributed by atoms with Crippen molar-refractivity contribution in [3.05, 3.63) is 35.8 Å². The van der Waals surface area contributed by atoms with Crippen LogP contribution in [0.3, 0.4) is 0 Å². The molecular weight excluding hydrogens is 203 g/mol. The van der Waals surface area contributed by atoms with Gasteiger partial charge in [-0.3, -0.25) is 4.90 Å². The standard InChI is InChI=1S/C13H15FN2/c14-11-4-3-10-7-12(15-13(10)8-11)9-16-5-1-2-6-16/h3-4,7-8,15H,1-2,5-6,9H2. The van der Waals surface area contributed by atoms with E-state index in [4.69, 9.17) is 0 Å². The summed E-state index contributed by atoms with van der Waals surface area (Å²) in [4.78, 5) is 5.71. The van der Waals surface area contributed by atoms with Gasteiger partial charge in [0, 0.05) is 17.8 Å². The number of halogens is 1. The predicted molar refractivity (Wildman–Crippen MR) is 62.8 cm³/mol. The van der Waals surface area contributed by atoms with Crippen LogP contribution in [0.25, 0.3) is 10.9 Å². The Hall–Kier alpha value is -1.35. The minimum absolute atomic E-state index is 0.179. The Morgan fingerprint density at radius 2 is 2.00 bits per heavy atom. The molecule has 0 amide bonds. The van der Waals surface area contributed by atoms with Crippen molar-refractivity contribution >= 4 is 10.9 Å². The molecule has 16 heavy (non-hydrogen) atoms. The molecule has 0 radical (unpaired) electrons. The average Bonchev–Trinajstić information content (AvgIpc) is 2.86. The van der Waals surface area contributed by atoms with Gasteiger partial charge in [0.2, 0.25) is 0 Å². The molecule has 1 aromatic heterocycles. The Morgan fingerprint density at radius 1 is 1.19 bits per heavy atom. The highest BCUT2D eigenvalue weighted by molar-refractivity contribution is 5.80. The van der Waals surface area contributed by atoms with Crippen LogP contribution in [0.15, 0.2) is 24.3 Å². The molecular formula is C13H15FN2. The van der Waals surface area contributed by atoms with Crippen LogP contribution in [0, 0.1) is 5.82 Å². The van der Waals surface area contributed by atoms with Crippen molar-refractivity contribution in [2.45, 2.75) is 19.4 Å². The lowest BCUT2D eigenvalue weighted by molar-refractivity contribution is 0.328. The van der Waals surface area contributed by atoms with Crippen molar-refractivity contribution in [2.24, 2.45) is 0 Å². The number of hydrogen-bond acceptors (Lipinski definition) is 1. The van der Waals surface area contributed by atoms with Crippen LogP contribution in [-0.4, -0.2) is 23.0 Å². The van der Waals surface area contributed by atoms with Crippen LogP contribution in [0.5, 0.6) is 0 Å². The fourth-order valence-corrected chi connectivity index (χ4v) is 2.43. The highest BCUT2D eigenvalue weighted by Crippen LogP contribution is 2.19. The first-order valence-corrected chi connectivity index (χ1v) is 5.81. The predicted octanol–water partition coefficient (Wildman–Crippen LogP) is 2.90. The molecule has 3 rings (SSSR count). The number of H-pyrrole nitrogens is 1. The van der Waals surface area contributed by atoms with Crippen molar-refractivity contribution in [3.8, 4) is 0 Å². The quantitative estimate of drug-likeness (QED) is 0.821. The zero-order chi connectivity index (χ0) is 11.0. The minimum Gasteiger partial charge on any atom is -0.357 e. The first-order chi connectivity index (χ1) is 7.81. The molecule has 84 valence electrons. The molecule has 2 aromatic rings. The summed E-state index contributed by atoms with van der Waals surface area (Å²) in [6.45, 7) is 3.32. The molecule has 3 heteroatoms. The maximum Gasteiger partial charge on any atom is 0.125 e. The van der Waals surface area contributed by atoms with Gasteiger partial charge in [0.15, 0.2) is 0 Å². The summed E-state index contributed by atoms with van der Waals surface area (Å²) >= 11 is 0. The summed E-state index contributed by atoms with van der Waals surface area (Å²) < 4.78 is 13.0. The van der Waals surface area contributed by atoms with Crippen molar-refractivity contribution in [2.75, 3.05) is 13.1 Å². The summed E-state index contributed by atoms with van der Waals surface area (Å²) in [5.74, 6) is -0.179. The number of rotatable bonds is 2. The number of nitrogens with one attached hydrogen (secondary N) is 1. The number of aromatic nitrogens is 1. The molecule has 1 aliphatic heterocycles. The van der Waals surface area contributed by atoms with Crippen LogP contribution in [0.4, 0.5) is 4.39 Å². The Morgan fingerprint density at radius 3 is 2.81 bits per heavy atom. The van der Waals surface area contributed by atoms with E-state index in [1.807, 2.05) is 6.07 Å². The van der Waals surface area contributed by atoms with E-state index in [1.54, 1.807) is 6.07 Å². The lowest BCUT2D eigenvalue weighted by atomic mass is 10.2. The second kappa shape index (κ2) is 3.91. The molecule has 0 saturated carbocycles. The number of benzene rings is 1. The van der Waals surface area contributed by atoms with Crippen LogP contribution in [0.2, 0.25) is 0 Å². The highest BCUT2D eigenvalue weighted by atomic mass is 19.1. The van der Waals surface area contributed by atoms with Crippen molar-refractivity contribution in [3.63, 3.8) is 0 Å². The molecule has 1 aromatic carbocycles. The number of nitrogens with zero attached hydrogens (tertiary/aromatic N) is 1. The Kier molecular flexibility index (Phi) is 2.40. The van der Waals surface area contributed by atoms with Gasteiger partial charge in [0.05, 0.1) is 0 Å². The summed E-state index contributed by atoms with van der Waals surface area (Å²) in [5, 5.41) is 1.09.